The van der Waals surface area contributed by atoms with E-state index in [1.165, 1.54) is 29.7 Å². The number of hydrogen-bond acceptors (Lipinski definition) is 5. The number of benzene rings is 1. The van der Waals surface area contributed by atoms with Gasteiger partial charge in [-0.05, 0) is 43.4 Å². The van der Waals surface area contributed by atoms with Crippen LogP contribution in [-0.2, 0) is 19.4 Å². The van der Waals surface area contributed by atoms with Crippen molar-refractivity contribution in [2.45, 2.75) is 45.6 Å². The van der Waals surface area contributed by atoms with E-state index >= 15 is 0 Å². The van der Waals surface area contributed by atoms with Crippen LogP contribution in [0.1, 0.15) is 42.2 Å². The third kappa shape index (κ3) is 3.67. The molecular formula is C24H30N4OS. The van der Waals surface area contributed by atoms with Crippen molar-refractivity contribution in [1.82, 2.24) is 14.5 Å². The topological polar surface area (TPSA) is 41.4 Å². The predicted molar refractivity (Wildman–Crippen MR) is 125 cm³/mol. The Bertz CT molecular complexity index is 1080. The molecular weight excluding hydrogens is 392 g/mol. The van der Waals surface area contributed by atoms with E-state index in [0.29, 0.717) is 6.54 Å². The molecule has 1 aromatic carbocycles. The van der Waals surface area contributed by atoms with Gasteiger partial charge in [-0.2, -0.15) is 0 Å². The molecule has 0 unspecified atom stereocenters. The zero-order chi connectivity index (χ0) is 20.5. The molecule has 0 saturated carbocycles. The maximum atomic E-state index is 13.9. The summed E-state index contributed by atoms with van der Waals surface area (Å²) in [6, 6.07) is 10.3. The first-order valence-corrected chi connectivity index (χ1v) is 12.1. The lowest BCUT2D eigenvalue weighted by Crippen LogP contribution is -2.48. The molecule has 0 bridgehead atoms. The maximum Gasteiger partial charge on any atom is 0.264 e. The second kappa shape index (κ2) is 8.52. The SMILES string of the molecule is CCN1CCN(c2nc3sc4c(c3c(=O)n2Cc2ccccc2)CCCCC4)CC1. The van der Waals surface area contributed by atoms with Gasteiger partial charge in [-0.1, -0.05) is 43.7 Å². The predicted octanol–water partition coefficient (Wildman–Crippen LogP) is 3.92. The number of aromatic nitrogens is 2. The summed E-state index contributed by atoms with van der Waals surface area (Å²) in [4.78, 5) is 26.1. The van der Waals surface area contributed by atoms with Crippen molar-refractivity contribution >= 4 is 27.5 Å². The monoisotopic (exact) mass is 422 g/mol. The van der Waals surface area contributed by atoms with E-state index < -0.39 is 0 Å². The fourth-order valence-electron chi connectivity index (χ4n) is 4.82. The number of anilines is 1. The first-order chi connectivity index (χ1) is 14.7. The lowest BCUT2D eigenvalue weighted by molar-refractivity contribution is 0.269. The van der Waals surface area contributed by atoms with Gasteiger partial charge in [0.25, 0.3) is 5.56 Å². The Morgan fingerprint density at radius 3 is 2.53 bits per heavy atom. The van der Waals surface area contributed by atoms with E-state index in [4.69, 9.17) is 4.98 Å². The minimum Gasteiger partial charge on any atom is -0.340 e. The van der Waals surface area contributed by atoms with E-state index in [-0.39, 0.29) is 5.56 Å². The summed E-state index contributed by atoms with van der Waals surface area (Å²) in [5, 5.41) is 0.892. The highest BCUT2D eigenvalue weighted by Gasteiger charge is 2.25. The summed E-state index contributed by atoms with van der Waals surface area (Å²) >= 11 is 1.76. The highest BCUT2D eigenvalue weighted by Crippen LogP contribution is 2.34. The fraction of sp³-hybridized carbons (Fsp3) is 0.500. The Labute approximate surface area is 182 Å². The van der Waals surface area contributed by atoms with Gasteiger partial charge in [0, 0.05) is 31.1 Å². The number of piperazine rings is 1. The van der Waals surface area contributed by atoms with E-state index in [9.17, 15) is 4.79 Å². The molecule has 1 aliphatic heterocycles. The summed E-state index contributed by atoms with van der Waals surface area (Å²) in [7, 11) is 0. The second-order valence-electron chi connectivity index (χ2n) is 8.45. The molecule has 5 nitrogen and oxygen atoms in total. The van der Waals surface area contributed by atoms with Gasteiger partial charge in [0.1, 0.15) is 4.83 Å². The summed E-state index contributed by atoms with van der Waals surface area (Å²) in [6.07, 6.45) is 5.78. The van der Waals surface area contributed by atoms with Crippen LogP contribution in [0.25, 0.3) is 10.2 Å². The lowest BCUT2D eigenvalue weighted by Gasteiger charge is -2.35. The molecule has 0 N–H and O–H groups in total. The number of thiophene rings is 1. The fourth-order valence-corrected chi connectivity index (χ4v) is 6.07. The largest absolute Gasteiger partial charge is 0.340 e. The zero-order valence-corrected chi connectivity index (χ0v) is 18.6. The Balaban J connectivity index is 1.63. The third-order valence-electron chi connectivity index (χ3n) is 6.59. The van der Waals surface area contributed by atoms with Crippen molar-refractivity contribution in [1.29, 1.82) is 0 Å². The smallest absolute Gasteiger partial charge is 0.264 e. The van der Waals surface area contributed by atoms with Crippen molar-refractivity contribution in [3.8, 4) is 0 Å². The standard InChI is InChI=1S/C24H30N4OS/c1-2-26-13-15-27(16-14-26)24-25-22-21(19-11-7-4-8-12-20(19)30-22)23(29)28(24)17-18-9-5-3-6-10-18/h3,5-6,9-10H,2,4,7-8,11-17H2,1H3. The highest BCUT2D eigenvalue weighted by molar-refractivity contribution is 7.18. The zero-order valence-electron chi connectivity index (χ0n) is 17.8. The molecule has 1 aliphatic carbocycles. The van der Waals surface area contributed by atoms with Crippen LogP contribution >= 0.6 is 11.3 Å². The highest BCUT2D eigenvalue weighted by atomic mass is 32.1. The molecule has 0 atom stereocenters. The number of likely N-dealkylation sites (N-methyl/N-ethyl adjacent to an activating group) is 1. The van der Waals surface area contributed by atoms with Crippen LogP contribution in [0.5, 0.6) is 0 Å². The average molecular weight is 423 g/mol. The minimum atomic E-state index is 0.149. The molecule has 3 aromatic rings. The van der Waals surface area contributed by atoms with Gasteiger partial charge in [0.15, 0.2) is 0 Å². The van der Waals surface area contributed by atoms with Crippen LogP contribution in [0.2, 0.25) is 0 Å². The molecule has 5 rings (SSSR count). The van der Waals surface area contributed by atoms with Crippen LogP contribution in [-0.4, -0.2) is 47.2 Å². The maximum absolute atomic E-state index is 13.9. The van der Waals surface area contributed by atoms with Gasteiger partial charge in [-0.3, -0.25) is 9.36 Å². The number of rotatable bonds is 4. The van der Waals surface area contributed by atoms with E-state index in [2.05, 4.69) is 28.9 Å². The number of nitrogens with zero attached hydrogens (tertiary/aromatic N) is 4. The second-order valence-corrected chi connectivity index (χ2v) is 9.54. The molecule has 3 heterocycles. The lowest BCUT2D eigenvalue weighted by atomic mass is 10.1. The first-order valence-electron chi connectivity index (χ1n) is 11.3. The summed E-state index contributed by atoms with van der Waals surface area (Å²) in [5.41, 5.74) is 2.58. The van der Waals surface area contributed by atoms with E-state index in [1.807, 2.05) is 22.8 Å². The van der Waals surface area contributed by atoms with Crippen molar-refractivity contribution in [2.75, 3.05) is 37.6 Å². The van der Waals surface area contributed by atoms with E-state index in [1.54, 1.807) is 11.3 Å². The van der Waals surface area contributed by atoms with Crippen LogP contribution < -0.4 is 10.5 Å². The van der Waals surface area contributed by atoms with Crippen LogP contribution in [0.15, 0.2) is 35.1 Å². The van der Waals surface area contributed by atoms with Gasteiger partial charge in [0.05, 0.1) is 11.9 Å². The molecule has 30 heavy (non-hydrogen) atoms. The quantitative estimate of drug-likeness (QED) is 0.598. The van der Waals surface area contributed by atoms with Crippen LogP contribution in [0.4, 0.5) is 5.95 Å². The molecule has 2 aromatic heterocycles. The summed E-state index contributed by atoms with van der Waals surface area (Å²) in [5.74, 6) is 0.850. The molecule has 0 radical (unpaired) electrons. The number of aryl methyl sites for hydroxylation is 2. The Morgan fingerprint density at radius 1 is 1.00 bits per heavy atom. The average Bonchev–Trinajstić information content (AvgIpc) is 2.97. The molecule has 2 aliphatic rings. The summed E-state index contributed by atoms with van der Waals surface area (Å²) in [6.45, 7) is 7.76. The molecule has 0 spiro atoms. The Morgan fingerprint density at radius 2 is 1.77 bits per heavy atom. The number of hydrogen-bond donors (Lipinski definition) is 0. The molecule has 6 heteroatoms. The van der Waals surface area contributed by atoms with Crippen molar-refractivity contribution in [3.05, 3.63) is 56.7 Å². The van der Waals surface area contributed by atoms with Crippen molar-refractivity contribution < 1.29 is 0 Å². The molecule has 1 fully saturated rings. The van der Waals surface area contributed by atoms with Gasteiger partial charge < -0.3 is 9.80 Å². The van der Waals surface area contributed by atoms with Crippen LogP contribution in [0.3, 0.4) is 0 Å². The third-order valence-corrected chi connectivity index (χ3v) is 7.78. The van der Waals surface area contributed by atoms with Gasteiger partial charge in [-0.15, -0.1) is 11.3 Å². The van der Waals surface area contributed by atoms with Gasteiger partial charge in [0.2, 0.25) is 5.95 Å². The van der Waals surface area contributed by atoms with Gasteiger partial charge in [-0.25, -0.2) is 4.98 Å². The van der Waals surface area contributed by atoms with Crippen molar-refractivity contribution in [2.24, 2.45) is 0 Å². The first kappa shape index (κ1) is 19.8. The van der Waals surface area contributed by atoms with Gasteiger partial charge >= 0.3 is 0 Å². The van der Waals surface area contributed by atoms with Crippen LogP contribution in [0, 0.1) is 0 Å². The molecule has 0 amide bonds. The Kier molecular flexibility index (Phi) is 5.61. The van der Waals surface area contributed by atoms with Crippen molar-refractivity contribution in [3.63, 3.8) is 0 Å². The molecule has 158 valence electrons. The Hall–Kier alpha value is -2.18. The summed E-state index contributed by atoms with van der Waals surface area (Å²) < 4.78 is 1.94. The van der Waals surface area contributed by atoms with E-state index in [0.717, 1.165) is 67.3 Å². The normalized spacial score (nSPS) is 17.8. The minimum absolute atomic E-state index is 0.149. The molecule has 1 saturated heterocycles. The number of fused-ring (bicyclic) bond motifs is 3.